The number of amides is 1. The van der Waals surface area contributed by atoms with Gasteiger partial charge in [-0.05, 0) is 36.8 Å². The summed E-state index contributed by atoms with van der Waals surface area (Å²) in [6.07, 6.45) is 0.651. The SMILES string of the molecule is CC[C@@H](C)C(=O)Nc1[nH]c2ccc(Cl)cc2c1S(=O)(=O)c1ccccc1. The quantitative estimate of drug-likeness (QED) is 0.666. The van der Waals surface area contributed by atoms with Crippen molar-refractivity contribution in [2.75, 3.05) is 5.32 Å². The molecule has 0 spiro atoms. The number of aromatic nitrogens is 1. The van der Waals surface area contributed by atoms with Crippen LogP contribution in [0.25, 0.3) is 10.9 Å². The van der Waals surface area contributed by atoms with Gasteiger partial charge >= 0.3 is 0 Å². The van der Waals surface area contributed by atoms with Crippen LogP contribution in [-0.2, 0) is 14.6 Å². The van der Waals surface area contributed by atoms with E-state index in [9.17, 15) is 13.2 Å². The molecule has 0 saturated carbocycles. The Hall–Kier alpha value is -2.31. The van der Waals surface area contributed by atoms with Crippen molar-refractivity contribution in [3.63, 3.8) is 0 Å². The second kappa shape index (κ2) is 7.13. The van der Waals surface area contributed by atoms with E-state index in [4.69, 9.17) is 11.6 Å². The van der Waals surface area contributed by atoms with Gasteiger partial charge in [-0.3, -0.25) is 4.79 Å². The summed E-state index contributed by atoms with van der Waals surface area (Å²) in [4.78, 5) is 15.5. The molecule has 2 N–H and O–H groups in total. The number of carbonyl (C=O) groups is 1. The minimum absolute atomic E-state index is 0.0258. The van der Waals surface area contributed by atoms with Crippen molar-refractivity contribution in [3.05, 3.63) is 53.6 Å². The van der Waals surface area contributed by atoms with Crippen LogP contribution >= 0.6 is 11.6 Å². The molecule has 0 saturated heterocycles. The fourth-order valence-corrected chi connectivity index (χ4v) is 4.41. The number of fused-ring (bicyclic) bond motifs is 1. The van der Waals surface area contributed by atoms with Crippen molar-refractivity contribution >= 4 is 44.1 Å². The van der Waals surface area contributed by atoms with Gasteiger partial charge in [-0.15, -0.1) is 0 Å². The van der Waals surface area contributed by atoms with Crippen molar-refractivity contribution < 1.29 is 13.2 Å². The molecule has 0 aliphatic heterocycles. The van der Waals surface area contributed by atoms with Gasteiger partial charge in [-0.25, -0.2) is 8.42 Å². The molecule has 7 heteroatoms. The zero-order chi connectivity index (χ0) is 18.9. The van der Waals surface area contributed by atoms with Crippen LogP contribution in [0, 0.1) is 5.92 Å². The maximum Gasteiger partial charge on any atom is 0.228 e. The van der Waals surface area contributed by atoms with Crippen LogP contribution in [-0.4, -0.2) is 19.3 Å². The highest BCUT2D eigenvalue weighted by atomic mass is 35.5. The summed E-state index contributed by atoms with van der Waals surface area (Å²) < 4.78 is 26.5. The van der Waals surface area contributed by atoms with Gasteiger partial charge in [-0.1, -0.05) is 43.6 Å². The first kappa shape index (κ1) is 18.5. The van der Waals surface area contributed by atoms with Crippen LogP contribution in [0.1, 0.15) is 20.3 Å². The largest absolute Gasteiger partial charge is 0.340 e. The lowest BCUT2D eigenvalue weighted by molar-refractivity contribution is -0.119. The highest BCUT2D eigenvalue weighted by Crippen LogP contribution is 2.36. The van der Waals surface area contributed by atoms with Gasteiger partial charge in [0.15, 0.2) is 0 Å². The molecular weight excluding hydrogens is 372 g/mol. The molecule has 0 bridgehead atoms. The Bertz CT molecular complexity index is 1060. The minimum Gasteiger partial charge on any atom is -0.340 e. The molecule has 2 aromatic carbocycles. The fourth-order valence-electron chi connectivity index (χ4n) is 2.66. The molecule has 0 aliphatic carbocycles. The normalized spacial score (nSPS) is 12.9. The van der Waals surface area contributed by atoms with E-state index in [2.05, 4.69) is 10.3 Å². The molecule has 1 heterocycles. The molecule has 0 aliphatic rings. The fraction of sp³-hybridized carbons (Fsp3) is 0.211. The molecule has 26 heavy (non-hydrogen) atoms. The van der Waals surface area contributed by atoms with Gasteiger partial charge in [-0.2, -0.15) is 0 Å². The summed E-state index contributed by atoms with van der Waals surface area (Å²) in [5.41, 5.74) is 0.586. The van der Waals surface area contributed by atoms with E-state index in [1.165, 1.54) is 12.1 Å². The number of hydrogen-bond acceptors (Lipinski definition) is 3. The highest BCUT2D eigenvalue weighted by Gasteiger charge is 2.28. The summed E-state index contributed by atoms with van der Waals surface area (Å²) in [5, 5.41) is 3.59. The van der Waals surface area contributed by atoms with Gasteiger partial charge in [0.1, 0.15) is 10.7 Å². The molecule has 0 fully saturated rings. The summed E-state index contributed by atoms with van der Waals surface area (Å²) in [7, 11) is -3.85. The second-order valence-corrected chi connectivity index (χ2v) is 8.46. The third kappa shape index (κ3) is 3.34. The van der Waals surface area contributed by atoms with Gasteiger partial charge in [0, 0.05) is 21.8 Å². The van der Waals surface area contributed by atoms with Crippen LogP contribution in [0.3, 0.4) is 0 Å². The minimum atomic E-state index is -3.85. The number of nitrogens with one attached hydrogen (secondary N) is 2. The Kier molecular flexibility index (Phi) is 5.07. The lowest BCUT2D eigenvalue weighted by Crippen LogP contribution is -2.21. The Morgan fingerprint density at radius 3 is 2.54 bits per heavy atom. The average molecular weight is 391 g/mol. The summed E-state index contributed by atoms with van der Waals surface area (Å²) in [6, 6.07) is 13.1. The van der Waals surface area contributed by atoms with Crippen LogP contribution in [0.2, 0.25) is 5.02 Å². The van der Waals surface area contributed by atoms with E-state index in [0.29, 0.717) is 22.3 Å². The third-order valence-electron chi connectivity index (χ3n) is 4.34. The van der Waals surface area contributed by atoms with E-state index in [0.717, 1.165) is 0 Å². The van der Waals surface area contributed by atoms with Gasteiger partial charge in [0.25, 0.3) is 0 Å². The third-order valence-corrected chi connectivity index (χ3v) is 6.43. The predicted octanol–water partition coefficient (Wildman–Crippen LogP) is 4.64. The van der Waals surface area contributed by atoms with Gasteiger partial charge < -0.3 is 10.3 Å². The Labute approximate surface area is 157 Å². The number of anilines is 1. The number of benzene rings is 2. The zero-order valence-corrected chi connectivity index (χ0v) is 16.0. The van der Waals surface area contributed by atoms with Crippen molar-refractivity contribution in [3.8, 4) is 0 Å². The van der Waals surface area contributed by atoms with E-state index in [1.54, 1.807) is 43.3 Å². The van der Waals surface area contributed by atoms with Crippen molar-refractivity contribution in [1.82, 2.24) is 4.98 Å². The Morgan fingerprint density at radius 2 is 1.88 bits per heavy atom. The maximum absolute atomic E-state index is 13.2. The maximum atomic E-state index is 13.2. The first-order chi connectivity index (χ1) is 12.3. The van der Waals surface area contributed by atoms with Crippen molar-refractivity contribution in [1.29, 1.82) is 0 Å². The van der Waals surface area contributed by atoms with E-state index >= 15 is 0 Å². The van der Waals surface area contributed by atoms with Crippen LogP contribution in [0.15, 0.2) is 58.3 Å². The van der Waals surface area contributed by atoms with E-state index in [-0.39, 0.29) is 27.4 Å². The lowest BCUT2D eigenvalue weighted by Gasteiger charge is -2.11. The summed E-state index contributed by atoms with van der Waals surface area (Å²) in [5.74, 6) is -0.316. The number of sulfone groups is 1. The van der Waals surface area contributed by atoms with Crippen LogP contribution in [0.4, 0.5) is 5.82 Å². The number of halogens is 1. The number of carbonyl (C=O) groups excluding carboxylic acids is 1. The number of rotatable bonds is 5. The summed E-state index contributed by atoms with van der Waals surface area (Å²) in [6.45, 7) is 3.69. The molecule has 1 atom stereocenters. The number of aromatic amines is 1. The van der Waals surface area contributed by atoms with Crippen LogP contribution in [0.5, 0.6) is 0 Å². The number of hydrogen-bond donors (Lipinski definition) is 2. The molecule has 3 aromatic rings. The highest BCUT2D eigenvalue weighted by molar-refractivity contribution is 7.92. The van der Waals surface area contributed by atoms with Crippen molar-refractivity contribution in [2.45, 2.75) is 30.1 Å². The van der Waals surface area contributed by atoms with Crippen molar-refractivity contribution in [2.24, 2.45) is 5.92 Å². The summed E-state index contributed by atoms with van der Waals surface area (Å²) >= 11 is 6.08. The first-order valence-electron chi connectivity index (χ1n) is 8.26. The molecule has 3 rings (SSSR count). The van der Waals surface area contributed by atoms with Crippen LogP contribution < -0.4 is 5.32 Å². The van der Waals surface area contributed by atoms with E-state index < -0.39 is 9.84 Å². The smallest absolute Gasteiger partial charge is 0.228 e. The molecule has 136 valence electrons. The van der Waals surface area contributed by atoms with E-state index in [1.807, 2.05) is 6.92 Å². The molecule has 1 amide bonds. The van der Waals surface area contributed by atoms with Gasteiger partial charge in [0.05, 0.1) is 4.90 Å². The molecule has 5 nitrogen and oxygen atoms in total. The zero-order valence-electron chi connectivity index (χ0n) is 14.4. The second-order valence-electron chi connectivity index (χ2n) is 6.13. The first-order valence-corrected chi connectivity index (χ1v) is 10.1. The predicted molar refractivity (Wildman–Crippen MR) is 103 cm³/mol. The Morgan fingerprint density at radius 1 is 1.19 bits per heavy atom. The Balaban J connectivity index is 2.23. The molecule has 0 radical (unpaired) electrons. The standard InChI is InChI=1S/C19H19ClN2O3S/c1-3-12(2)19(23)22-18-17(15-11-13(20)9-10-16(15)21-18)26(24,25)14-7-5-4-6-8-14/h4-12,21H,3H2,1-2H3,(H,22,23)/t12-/m1/s1. The molecule has 1 aromatic heterocycles. The number of H-pyrrole nitrogens is 1. The lowest BCUT2D eigenvalue weighted by atomic mass is 10.1. The molecular formula is C19H19ClN2O3S. The topological polar surface area (TPSA) is 79.0 Å². The monoisotopic (exact) mass is 390 g/mol. The molecule has 0 unspecified atom stereocenters. The van der Waals surface area contributed by atoms with Gasteiger partial charge in [0.2, 0.25) is 15.7 Å². The average Bonchev–Trinajstić information content (AvgIpc) is 2.99.